The van der Waals surface area contributed by atoms with Crippen molar-refractivity contribution in [2.45, 2.75) is 19.0 Å². The number of alkyl halides is 3. The van der Waals surface area contributed by atoms with E-state index in [1.54, 1.807) is 6.20 Å². The van der Waals surface area contributed by atoms with Crippen LogP contribution in [0.5, 0.6) is 0 Å². The predicted octanol–water partition coefficient (Wildman–Crippen LogP) is 6.33. The van der Waals surface area contributed by atoms with Crippen LogP contribution in [0.2, 0.25) is 5.02 Å². The van der Waals surface area contributed by atoms with E-state index in [0.717, 1.165) is 51.8 Å². The molecule has 0 radical (unpaired) electrons. The van der Waals surface area contributed by atoms with Gasteiger partial charge in [0.25, 0.3) is 0 Å². The summed E-state index contributed by atoms with van der Waals surface area (Å²) in [4.78, 5) is 22.9. The summed E-state index contributed by atoms with van der Waals surface area (Å²) in [7, 11) is 0. The molecule has 5 rings (SSSR count). The summed E-state index contributed by atoms with van der Waals surface area (Å²) in [6.45, 7) is 0. The third-order valence-electron chi connectivity index (χ3n) is 5.15. The van der Waals surface area contributed by atoms with Crippen LogP contribution in [0, 0.1) is 0 Å². The van der Waals surface area contributed by atoms with Crippen molar-refractivity contribution in [1.82, 2.24) is 15.0 Å². The highest BCUT2D eigenvalue weighted by Crippen LogP contribution is 2.40. The van der Waals surface area contributed by atoms with E-state index in [9.17, 15) is 13.2 Å². The molecular formula is C25H18ClF3N4O2. The van der Waals surface area contributed by atoms with E-state index in [4.69, 9.17) is 31.5 Å². The minimum Gasteiger partial charge on any atom is -0.475 e. The number of nitrogens with zero attached hydrogens (tertiary/aromatic N) is 3. The molecule has 35 heavy (non-hydrogen) atoms. The highest BCUT2D eigenvalue weighted by molar-refractivity contribution is 6.30. The molecule has 0 bridgehead atoms. The summed E-state index contributed by atoms with van der Waals surface area (Å²) in [6, 6.07) is 22.0. The van der Waals surface area contributed by atoms with Crippen LogP contribution in [0.15, 0.2) is 72.9 Å². The van der Waals surface area contributed by atoms with Crippen LogP contribution in [0.1, 0.15) is 11.3 Å². The Hall–Kier alpha value is -3.98. The second-order valence-corrected chi connectivity index (χ2v) is 7.96. The fourth-order valence-electron chi connectivity index (χ4n) is 3.65. The number of halogens is 4. The molecule has 0 amide bonds. The zero-order valence-corrected chi connectivity index (χ0v) is 18.8. The molecule has 0 saturated carbocycles. The summed E-state index contributed by atoms with van der Waals surface area (Å²) < 4.78 is 31.7. The number of anilines is 2. The Morgan fingerprint density at radius 3 is 2.34 bits per heavy atom. The number of aromatic nitrogens is 3. The largest absolute Gasteiger partial charge is 0.490 e. The predicted molar refractivity (Wildman–Crippen MR) is 127 cm³/mol. The maximum absolute atomic E-state index is 10.6. The molecule has 6 nitrogen and oxygen atoms in total. The quantitative estimate of drug-likeness (QED) is 0.343. The van der Waals surface area contributed by atoms with Gasteiger partial charge in [-0.25, -0.2) is 19.7 Å². The van der Waals surface area contributed by atoms with Gasteiger partial charge in [-0.3, -0.25) is 0 Å². The number of carbonyl (C=O) groups is 1. The van der Waals surface area contributed by atoms with Crippen molar-refractivity contribution < 1.29 is 23.1 Å². The average Bonchev–Trinajstić information content (AvgIpc) is 2.84. The summed E-state index contributed by atoms with van der Waals surface area (Å²) in [6.07, 6.45) is -1.57. The third kappa shape index (κ3) is 5.75. The van der Waals surface area contributed by atoms with E-state index in [2.05, 4.69) is 34.6 Å². The van der Waals surface area contributed by atoms with Crippen LogP contribution in [0.25, 0.3) is 22.4 Å². The standard InChI is InChI=1S/C23H17ClN4.C2HF3O2/c24-17-10-11-18-16(14-17)9-12-19-21(18)22(15-6-2-1-3-7-15)28-23(26-19)27-20-8-4-5-13-25-20;3-2(4,5)1(6)7/h1-8,10-11,13-14H,9,12H2,(H,25,26,27,28);(H,6,7). The molecule has 1 aliphatic carbocycles. The zero-order chi connectivity index (χ0) is 25.0. The maximum atomic E-state index is 10.6. The molecule has 0 spiro atoms. The number of carboxylic acid groups (broad SMARTS) is 1. The van der Waals surface area contributed by atoms with Gasteiger partial charge in [0.2, 0.25) is 5.95 Å². The summed E-state index contributed by atoms with van der Waals surface area (Å²) in [5.74, 6) is -1.47. The van der Waals surface area contributed by atoms with E-state index < -0.39 is 12.1 Å². The lowest BCUT2D eigenvalue weighted by molar-refractivity contribution is -0.192. The fourth-order valence-corrected chi connectivity index (χ4v) is 3.84. The fraction of sp³-hybridized carbons (Fsp3) is 0.120. The second kappa shape index (κ2) is 10.1. The number of carboxylic acids is 1. The Balaban J connectivity index is 0.000000364. The minimum absolute atomic E-state index is 0.564. The Kier molecular flexibility index (Phi) is 6.97. The number of aliphatic carboxylic acids is 1. The molecule has 4 aromatic rings. The minimum atomic E-state index is -5.08. The van der Waals surface area contributed by atoms with Crippen molar-refractivity contribution in [1.29, 1.82) is 0 Å². The summed E-state index contributed by atoms with van der Waals surface area (Å²) in [5.41, 5.74) is 6.53. The molecule has 2 aromatic carbocycles. The monoisotopic (exact) mass is 498 g/mol. The number of hydrogen-bond donors (Lipinski definition) is 2. The molecule has 0 aliphatic heterocycles. The molecule has 178 valence electrons. The number of rotatable bonds is 3. The van der Waals surface area contributed by atoms with Gasteiger partial charge in [0.1, 0.15) is 5.82 Å². The SMILES string of the molecule is Clc1ccc2c(c1)CCc1nc(Nc3ccccn3)nc(-c3ccccc3)c1-2.O=C(O)C(F)(F)F. The first-order valence-electron chi connectivity index (χ1n) is 10.5. The van der Waals surface area contributed by atoms with Crippen LogP contribution in [0.4, 0.5) is 24.9 Å². The van der Waals surface area contributed by atoms with E-state index in [0.29, 0.717) is 5.95 Å². The number of nitrogens with one attached hydrogen (secondary N) is 1. The lowest BCUT2D eigenvalue weighted by atomic mass is 9.86. The highest BCUT2D eigenvalue weighted by atomic mass is 35.5. The van der Waals surface area contributed by atoms with E-state index >= 15 is 0 Å². The Labute approximate surface area is 203 Å². The Morgan fingerprint density at radius 1 is 0.971 bits per heavy atom. The Morgan fingerprint density at radius 2 is 1.69 bits per heavy atom. The van der Waals surface area contributed by atoms with Gasteiger partial charge in [-0.15, -0.1) is 0 Å². The van der Waals surface area contributed by atoms with Gasteiger partial charge in [0.05, 0.1) is 11.4 Å². The van der Waals surface area contributed by atoms with Crippen molar-refractivity contribution >= 4 is 29.3 Å². The van der Waals surface area contributed by atoms with Gasteiger partial charge in [-0.05, 0) is 48.2 Å². The molecule has 1 aliphatic rings. The normalized spacial score (nSPS) is 12.0. The van der Waals surface area contributed by atoms with Crippen molar-refractivity contribution in [3.05, 3.63) is 89.2 Å². The van der Waals surface area contributed by atoms with Crippen molar-refractivity contribution in [2.75, 3.05) is 5.32 Å². The van der Waals surface area contributed by atoms with Gasteiger partial charge >= 0.3 is 12.1 Å². The first-order valence-corrected chi connectivity index (χ1v) is 10.8. The van der Waals surface area contributed by atoms with Crippen LogP contribution >= 0.6 is 11.6 Å². The van der Waals surface area contributed by atoms with Crippen LogP contribution in [-0.4, -0.2) is 32.2 Å². The lowest BCUT2D eigenvalue weighted by Crippen LogP contribution is -2.21. The molecule has 2 aromatic heterocycles. The van der Waals surface area contributed by atoms with Crippen molar-refractivity contribution in [3.8, 4) is 22.4 Å². The zero-order valence-electron chi connectivity index (χ0n) is 18.1. The van der Waals surface area contributed by atoms with E-state index in [1.807, 2.05) is 42.5 Å². The summed E-state index contributed by atoms with van der Waals surface area (Å²) >= 11 is 6.23. The molecular weight excluding hydrogens is 481 g/mol. The number of benzene rings is 2. The number of aryl methyl sites for hydroxylation is 2. The first kappa shape index (κ1) is 24.2. The summed E-state index contributed by atoms with van der Waals surface area (Å²) in [5, 5.41) is 11.1. The topological polar surface area (TPSA) is 88.0 Å². The second-order valence-electron chi connectivity index (χ2n) is 7.53. The van der Waals surface area contributed by atoms with Crippen LogP contribution < -0.4 is 5.32 Å². The number of fused-ring (bicyclic) bond motifs is 3. The van der Waals surface area contributed by atoms with Crippen LogP contribution in [-0.2, 0) is 17.6 Å². The molecule has 2 heterocycles. The van der Waals surface area contributed by atoms with Gasteiger partial charge in [-0.2, -0.15) is 13.2 Å². The van der Waals surface area contributed by atoms with Crippen LogP contribution in [0.3, 0.4) is 0 Å². The Bertz CT molecular complexity index is 1350. The van der Waals surface area contributed by atoms with Crippen molar-refractivity contribution in [3.63, 3.8) is 0 Å². The number of hydrogen-bond acceptors (Lipinski definition) is 5. The molecule has 2 N–H and O–H groups in total. The lowest BCUT2D eigenvalue weighted by Gasteiger charge is -2.23. The molecule has 10 heteroatoms. The molecule has 0 atom stereocenters. The van der Waals surface area contributed by atoms with Gasteiger partial charge in [0.15, 0.2) is 0 Å². The number of pyridine rings is 1. The molecule has 0 saturated heterocycles. The highest BCUT2D eigenvalue weighted by Gasteiger charge is 2.38. The van der Waals surface area contributed by atoms with Crippen molar-refractivity contribution in [2.24, 2.45) is 0 Å². The van der Waals surface area contributed by atoms with Gasteiger partial charge in [0, 0.05) is 22.3 Å². The first-order chi connectivity index (χ1) is 16.7. The maximum Gasteiger partial charge on any atom is 0.490 e. The van der Waals surface area contributed by atoms with E-state index in [1.165, 1.54) is 5.56 Å². The molecule has 0 unspecified atom stereocenters. The third-order valence-corrected chi connectivity index (χ3v) is 5.38. The van der Waals surface area contributed by atoms with Gasteiger partial charge in [-0.1, -0.05) is 54.1 Å². The van der Waals surface area contributed by atoms with E-state index in [-0.39, 0.29) is 0 Å². The smallest absolute Gasteiger partial charge is 0.475 e. The molecule has 0 fully saturated rings. The average molecular weight is 499 g/mol. The van der Waals surface area contributed by atoms with Gasteiger partial charge < -0.3 is 10.4 Å².